The van der Waals surface area contributed by atoms with Crippen LogP contribution in [0.2, 0.25) is 5.02 Å². The summed E-state index contributed by atoms with van der Waals surface area (Å²) >= 11 is 6.04. The lowest BCUT2D eigenvalue weighted by Crippen LogP contribution is -2.47. The maximum absolute atomic E-state index is 12.1. The number of carbonyl (C=O) groups is 1. The van der Waals surface area contributed by atoms with Gasteiger partial charge in [-0.3, -0.25) is 4.79 Å². The second kappa shape index (κ2) is 7.44. The molecule has 1 saturated heterocycles. The number of nitrogens with one attached hydrogen (secondary N) is 1. The second-order valence-corrected chi connectivity index (χ2v) is 8.07. The molecule has 1 aromatic carbocycles. The number of hydrogen-bond acceptors (Lipinski definition) is 3. The third-order valence-corrected chi connectivity index (χ3v) is 6.14. The molecule has 0 aromatic heterocycles. The summed E-state index contributed by atoms with van der Waals surface area (Å²) in [4.78, 5) is 12.1. The summed E-state index contributed by atoms with van der Waals surface area (Å²) in [6, 6.07) is 7.30. The van der Waals surface area contributed by atoms with E-state index in [2.05, 4.69) is 5.32 Å². The van der Waals surface area contributed by atoms with E-state index in [-0.39, 0.29) is 24.1 Å². The Hall–Kier alpha value is -1.11. The third kappa shape index (κ3) is 4.44. The maximum Gasteiger partial charge on any atom is 0.224 e. The molecule has 1 amide bonds. The number of carbonyl (C=O) groups excluding carboxylic acids is 1. The average Bonchev–Trinajstić information content (AvgIpc) is 2.50. The van der Waals surface area contributed by atoms with Gasteiger partial charge in [0.15, 0.2) is 0 Å². The van der Waals surface area contributed by atoms with Gasteiger partial charge in [0.25, 0.3) is 0 Å². The van der Waals surface area contributed by atoms with Crippen molar-refractivity contribution in [3.63, 3.8) is 0 Å². The molecule has 1 aliphatic heterocycles. The number of rotatable bonds is 5. The first-order valence-corrected chi connectivity index (χ1v) is 9.41. The molecule has 0 atom stereocenters. The number of sulfonamides is 1. The van der Waals surface area contributed by atoms with Gasteiger partial charge < -0.3 is 5.32 Å². The minimum absolute atomic E-state index is 0.0262. The molecule has 0 unspecified atom stereocenters. The molecule has 5 nitrogen and oxygen atoms in total. The molecule has 1 heterocycles. The van der Waals surface area contributed by atoms with Crippen molar-refractivity contribution in [1.29, 1.82) is 0 Å². The van der Waals surface area contributed by atoms with E-state index in [1.54, 1.807) is 13.0 Å². The van der Waals surface area contributed by atoms with Crippen molar-refractivity contribution in [3.8, 4) is 0 Å². The molecule has 0 aliphatic carbocycles. The summed E-state index contributed by atoms with van der Waals surface area (Å²) in [6.07, 6.45) is 1.54. The minimum atomic E-state index is -3.12. The van der Waals surface area contributed by atoms with E-state index in [1.807, 2.05) is 18.2 Å². The standard InChI is InChI=1S/C15H21ClN2O3S/c1-2-22(20,21)18-9-7-13(8-10-18)17-15(19)11-12-5-3-4-6-14(12)16/h3-6,13H,2,7-11H2,1H3,(H,17,19). The van der Waals surface area contributed by atoms with Gasteiger partial charge in [0.2, 0.25) is 15.9 Å². The van der Waals surface area contributed by atoms with Crippen molar-refractivity contribution < 1.29 is 13.2 Å². The van der Waals surface area contributed by atoms with Crippen LogP contribution < -0.4 is 5.32 Å². The van der Waals surface area contributed by atoms with Crippen LogP contribution in [0.3, 0.4) is 0 Å². The number of hydrogen-bond donors (Lipinski definition) is 1. The number of piperidine rings is 1. The lowest BCUT2D eigenvalue weighted by molar-refractivity contribution is -0.121. The van der Waals surface area contributed by atoms with Crippen LogP contribution in [0.15, 0.2) is 24.3 Å². The van der Waals surface area contributed by atoms with Gasteiger partial charge in [-0.1, -0.05) is 29.8 Å². The van der Waals surface area contributed by atoms with Crippen molar-refractivity contribution >= 4 is 27.5 Å². The number of nitrogens with zero attached hydrogens (tertiary/aromatic N) is 1. The van der Waals surface area contributed by atoms with Gasteiger partial charge in [-0.25, -0.2) is 12.7 Å². The Kier molecular flexibility index (Phi) is 5.83. The van der Waals surface area contributed by atoms with E-state index in [4.69, 9.17) is 11.6 Å². The molecule has 22 heavy (non-hydrogen) atoms. The highest BCUT2D eigenvalue weighted by Crippen LogP contribution is 2.17. The van der Waals surface area contributed by atoms with Gasteiger partial charge >= 0.3 is 0 Å². The van der Waals surface area contributed by atoms with Gasteiger partial charge in [-0.05, 0) is 31.4 Å². The van der Waals surface area contributed by atoms with Crippen LogP contribution in [0.4, 0.5) is 0 Å². The zero-order valence-electron chi connectivity index (χ0n) is 12.6. The highest BCUT2D eigenvalue weighted by molar-refractivity contribution is 7.89. The van der Waals surface area contributed by atoms with Crippen molar-refractivity contribution in [2.75, 3.05) is 18.8 Å². The first kappa shape index (κ1) is 17.2. The molecule has 1 N–H and O–H groups in total. The van der Waals surface area contributed by atoms with Crippen molar-refractivity contribution in [1.82, 2.24) is 9.62 Å². The van der Waals surface area contributed by atoms with Gasteiger partial charge in [0.1, 0.15) is 0 Å². The molecule has 7 heteroatoms. The smallest absolute Gasteiger partial charge is 0.224 e. The molecule has 122 valence electrons. The molecule has 2 rings (SSSR count). The highest BCUT2D eigenvalue weighted by atomic mass is 35.5. The fourth-order valence-corrected chi connectivity index (χ4v) is 3.89. The molecule has 1 aliphatic rings. The van der Waals surface area contributed by atoms with Crippen LogP contribution in [-0.2, 0) is 21.2 Å². The van der Waals surface area contributed by atoms with E-state index in [0.717, 1.165) is 5.56 Å². The summed E-state index contributed by atoms with van der Waals surface area (Å²) in [6.45, 7) is 2.58. The summed E-state index contributed by atoms with van der Waals surface area (Å²) in [7, 11) is -3.12. The lowest BCUT2D eigenvalue weighted by atomic mass is 10.1. The average molecular weight is 345 g/mol. The minimum Gasteiger partial charge on any atom is -0.353 e. The predicted molar refractivity (Wildman–Crippen MR) is 87.4 cm³/mol. The quantitative estimate of drug-likeness (QED) is 0.886. The van der Waals surface area contributed by atoms with Crippen molar-refractivity contribution in [2.45, 2.75) is 32.2 Å². The Morgan fingerprint density at radius 1 is 1.32 bits per heavy atom. The monoisotopic (exact) mass is 344 g/mol. The Balaban J connectivity index is 1.84. The van der Waals surface area contributed by atoms with E-state index < -0.39 is 10.0 Å². The molecule has 1 aromatic rings. The van der Waals surface area contributed by atoms with E-state index in [1.165, 1.54) is 4.31 Å². The number of halogens is 1. The van der Waals surface area contributed by atoms with Crippen LogP contribution in [0.5, 0.6) is 0 Å². The fourth-order valence-electron chi connectivity index (χ4n) is 2.55. The fraction of sp³-hybridized carbons (Fsp3) is 0.533. The van der Waals surface area contributed by atoms with Crippen LogP contribution >= 0.6 is 11.6 Å². The number of amides is 1. The van der Waals surface area contributed by atoms with Crippen LogP contribution in [0.25, 0.3) is 0 Å². The largest absolute Gasteiger partial charge is 0.353 e. The molecule has 0 radical (unpaired) electrons. The van der Waals surface area contributed by atoms with Gasteiger partial charge in [0, 0.05) is 24.2 Å². The normalized spacial score (nSPS) is 17.4. The zero-order valence-corrected chi connectivity index (χ0v) is 14.2. The lowest BCUT2D eigenvalue weighted by Gasteiger charge is -2.31. The summed E-state index contributed by atoms with van der Waals surface area (Å²) in [5.74, 6) is 0.0428. The molecule has 1 fully saturated rings. The molecule has 0 saturated carbocycles. The van der Waals surface area contributed by atoms with Crippen LogP contribution in [0, 0.1) is 0 Å². The zero-order chi connectivity index (χ0) is 16.2. The van der Waals surface area contributed by atoms with Crippen LogP contribution in [0.1, 0.15) is 25.3 Å². The first-order valence-electron chi connectivity index (χ1n) is 7.43. The third-order valence-electron chi connectivity index (χ3n) is 3.89. The van der Waals surface area contributed by atoms with Gasteiger partial charge in [-0.15, -0.1) is 0 Å². The predicted octanol–water partition coefficient (Wildman–Crippen LogP) is 1.81. The topological polar surface area (TPSA) is 66.5 Å². The van der Waals surface area contributed by atoms with E-state index in [0.29, 0.717) is 31.0 Å². The molecule has 0 bridgehead atoms. The Bertz CT molecular complexity index is 625. The van der Waals surface area contributed by atoms with E-state index in [9.17, 15) is 13.2 Å². The van der Waals surface area contributed by atoms with Gasteiger partial charge in [0.05, 0.1) is 12.2 Å². The summed E-state index contributed by atoms with van der Waals surface area (Å²) < 4.78 is 25.1. The number of benzene rings is 1. The van der Waals surface area contributed by atoms with E-state index >= 15 is 0 Å². The Labute approximate surface area is 136 Å². The summed E-state index contributed by atoms with van der Waals surface area (Å²) in [5.41, 5.74) is 0.799. The summed E-state index contributed by atoms with van der Waals surface area (Å²) in [5, 5.41) is 3.55. The van der Waals surface area contributed by atoms with Gasteiger partial charge in [-0.2, -0.15) is 0 Å². The molecule has 0 spiro atoms. The molecular weight excluding hydrogens is 324 g/mol. The Morgan fingerprint density at radius 3 is 2.55 bits per heavy atom. The SMILES string of the molecule is CCS(=O)(=O)N1CCC(NC(=O)Cc2ccccc2Cl)CC1. The first-order chi connectivity index (χ1) is 10.4. The van der Waals surface area contributed by atoms with Crippen molar-refractivity contribution in [2.24, 2.45) is 0 Å². The second-order valence-electron chi connectivity index (χ2n) is 5.41. The Morgan fingerprint density at radius 2 is 1.95 bits per heavy atom. The van der Waals surface area contributed by atoms with Crippen molar-refractivity contribution in [3.05, 3.63) is 34.9 Å². The highest BCUT2D eigenvalue weighted by Gasteiger charge is 2.27. The van der Waals surface area contributed by atoms with Crippen LogP contribution in [-0.4, -0.2) is 43.5 Å². The molecular formula is C15H21ClN2O3S. The maximum atomic E-state index is 12.1.